The van der Waals surface area contributed by atoms with E-state index in [9.17, 15) is 13.2 Å². The smallest absolute Gasteiger partial charge is 0.255 e. The van der Waals surface area contributed by atoms with Gasteiger partial charge in [0.2, 0.25) is 10.0 Å². The average molecular weight is 483 g/mol. The van der Waals surface area contributed by atoms with Crippen LogP contribution in [0.3, 0.4) is 0 Å². The van der Waals surface area contributed by atoms with Crippen LogP contribution in [0.15, 0.2) is 51.8 Å². The predicted molar refractivity (Wildman–Crippen MR) is 114 cm³/mol. The number of halogens is 1. The van der Waals surface area contributed by atoms with Crippen LogP contribution in [-0.4, -0.2) is 52.0 Å². The van der Waals surface area contributed by atoms with Gasteiger partial charge in [0.25, 0.3) is 5.91 Å². The third-order valence-electron chi connectivity index (χ3n) is 4.55. The molecule has 0 aliphatic carbocycles. The molecule has 2 aromatic rings. The molecule has 3 rings (SSSR count). The maximum atomic E-state index is 12.6. The molecule has 1 aliphatic rings. The van der Waals surface area contributed by atoms with Crippen LogP contribution in [0.5, 0.6) is 5.75 Å². The van der Waals surface area contributed by atoms with Gasteiger partial charge in [0, 0.05) is 31.5 Å². The maximum Gasteiger partial charge on any atom is 0.255 e. The maximum absolute atomic E-state index is 12.6. The average Bonchev–Trinajstić information content (AvgIpc) is 3.25. The molecule has 0 spiro atoms. The van der Waals surface area contributed by atoms with Crippen LogP contribution in [0.2, 0.25) is 0 Å². The van der Waals surface area contributed by atoms with Gasteiger partial charge in [-0.2, -0.15) is 4.31 Å². The van der Waals surface area contributed by atoms with Crippen LogP contribution in [-0.2, 0) is 14.8 Å². The van der Waals surface area contributed by atoms with E-state index in [1.807, 2.05) is 0 Å². The van der Waals surface area contributed by atoms with E-state index in [0.717, 1.165) is 12.8 Å². The first-order valence-electron chi connectivity index (χ1n) is 9.24. The Balaban J connectivity index is 1.65. The Bertz CT molecular complexity index is 957. The molecule has 0 radical (unpaired) electrons. The number of benzene rings is 2. The van der Waals surface area contributed by atoms with Gasteiger partial charge in [-0.3, -0.25) is 4.79 Å². The van der Waals surface area contributed by atoms with Gasteiger partial charge in [-0.1, -0.05) is 0 Å². The summed E-state index contributed by atoms with van der Waals surface area (Å²) in [6.45, 7) is 1.99. The summed E-state index contributed by atoms with van der Waals surface area (Å²) in [5, 5.41) is 2.78. The number of nitrogens with one attached hydrogen (secondary N) is 1. The van der Waals surface area contributed by atoms with Crippen molar-refractivity contribution in [1.82, 2.24) is 4.31 Å². The lowest BCUT2D eigenvalue weighted by Gasteiger charge is -2.15. The van der Waals surface area contributed by atoms with Gasteiger partial charge in [0.15, 0.2) is 0 Å². The fourth-order valence-corrected chi connectivity index (χ4v) is 5.00. The number of hydrogen-bond acceptors (Lipinski definition) is 5. The first-order valence-corrected chi connectivity index (χ1v) is 11.5. The summed E-state index contributed by atoms with van der Waals surface area (Å²) >= 11 is 3.40. The topological polar surface area (TPSA) is 84.9 Å². The number of sulfonamides is 1. The summed E-state index contributed by atoms with van der Waals surface area (Å²) in [4.78, 5) is 12.7. The molecule has 0 aromatic heterocycles. The van der Waals surface area contributed by atoms with Crippen molar-refractivity contribution in [3.8, 4) is 5.75 Å². The zero-order chi connectivity index (χ0) is 20.9. The molecular formula is C20H23BrN2O5S. The number of carbonyl (C=O) groups excluding carboxylic acids is 1. The van der Waals surface area contributed by atoms with E-state index in [4.69, 9.17) is 9.47 Å². The minimum atomic E-state index is -3.46. The van der Waals surface area contributed by atoms with Gasteiger partial charge < -0.3 is 14.8 Å². The molecule has 0 saturated carbocycles. The third-order valence-corrected chi connectivity index (χ3v) is 7.09. The number of ether oxygens (including phenoxy) is 2. The van der Waals surface area contributed by atoms with Crippen molar-refractivity contribution in [2.24, 2.45) is 0 Å². The minimum Gasteiger partial charge on any atom is -0.490 e. The molecule has 0 bridgehead atoms. The SMILES string of the molecule is COCCOc1ccc(C(=O)Nc2ccc(S(=O)(=O)N3CCCC3)cc2)cc1Br. The van der Waals surface area contributed by atoms with Crippen LogP contribution in [0, 0.1) is 0 Å². The number of nitrogens with zero attached hydrogens (tertiary/aromatic N) is 1. The van der Waals surface area contributed by atoms with Gasteiger partial charge in [-0.05, 0) is 71.2 Å². The number of rotatable bonds is 8. The highest BCUT2D eigenvalue weighted by Crippen LogP contribution is 2.27. The van der Waals surface area contributed by atoms with E-state index in [2.05, 4.69) is 21.2 Å². The van der Waals surface area contributed by atoms with Crippen LogP contribution < -0.4 is 10.1 Å². The molecule has 1 fully saturated rings. The normalized spacial score (nSPS) is 14.7. The van der Waals surface area contributed by atoms with Crippen molar-refractivity contribution < 1.29 is 22.7 Å². The number of methoxy groups -OCH3 is 1. The molecule has 156 valence electrons. The summed E-state index contributed by atoms with van der Waals surface area (Å²) in [5.74, 6) is 0.319. The Labute approximate surface area is 179 Å². The summed E-state index contributed by atoms with van der Waals surface area (Å²) < 4.78 is 37.8. The van der Waals surface area contributed by atoms with E-state index in [-0.39, 0.29) is 10.8 Å². The van der Waals surface area contributed by atoms with E-state index in [1.165, 1.54) is 16.4 Å². The fraction of sp³-hybridized carbons (Fsp3) is 0.350. The Kier molecular flexibility index (Phi) is 7.28. The first-order chi connectivity index (χ1) is 13.9. The lowest BCUT2D eigenvalue weighted by Crippen LogP contribution is -2.27. The molecule has 1 aliphatic heterocycles. The number of amides is 1. The monoisotopic (exact) mass is 482 g/mol. The molecule has 7 nitrogen and oxygen atoms in total. The molecule has 9 heteroatoms. The first kappa shape index (κ1) is 21.8. The molecule has 1 amide bonds. The minimum absolute atomic E-state index is 0.234. The second-order valence-corrected chi connectivity index (χ2v) is 9.37. The van der Waals surface area contributed by atoms with E-state index in [0.29, 0.717) is 47.8 Å². The summed E-state index contributed by atoms with van der Waals surface area (Å²) in [6.07, 6.45) is 1.78. The van der Waals surface area contributed by atoms with Gasteiger partial charge in [-0.15, -0.1) is 0 Å². The van der Waals surface area contributed by atoms with E-state index >= 15 is 0 Å². The van der Waals surface area contributed by atoms with Crippen molar-refractivity contribution in [1.29, 1.82) is 0 Å². The van der Waals surface area contributed by atoms with Crippen molar-refractivity contribution >= 4 is 37.5 Å². The van der Waals surface area contributed by atoms with Crippen LogP contribution in [0.1, 0.15) is 23.2 Å². The molecule has 29 heavy (non-hydrogen) atoms. The zero-order valence-corrected chi connectivity index (χ0v) is 18.5. The zero-order valence-electron chi connectivity index (χ0n) is 16.1. The van der Waals surface area contributed by atoms with Crippen LogP contribution >= 0.6 is 15.9 Å². The van der Waals surface area contributed by atoms with Crippen LogP contribution in [0.4, 0.5) is 5.69 Å². The highest BCUT2D eigenvalue weighted by atomic mass is 79.9. The number of hydrogen-bond donors (Lipinski definition) is 1. The standard InChI is InChI=1S/C20H23BrN2O5S/c1-27-12-13-28-19-9-4-15(14-18(19)21)20(24)22-16-5-7-17(8-6-16)29(25,26)23-10-2-3-11-23/h4-9,14H,2-3,10-13H2,1H3,(H,22,24). The van der Waals surface area contributed by atoms with Gasteiger partial charge in [-0.25, -0.2) is 8.42 Å². The second-order valence-electron chi connectivity index (χ2n) is 6.58. The second kappa shape index (κ2) is 9.71. The van der Waals surface area contributed by atoms with E-state index < -0.39 is 10.0 Å². The van der Waals surface area contributed by atoms with Crippen molar-refractivity contribution in [3.63, 3.8) is 0 Å². The molecule has 1 N–H and O–H groups in total. The van der Waals surface area contributed by atoms with Gasteiger partial charge in [0.1, 0.15) is 12.4 Å². The van der Waals surface area contributed by atoms with E-state index in [1.54, 1.807) is 37.4 Å². The third kappa shape index (κ3) is 5.36. The quantitative estimate of drug-likeness (QED) is 0.581. The largest absolute Gasteiger partial charge is 0.490 e. The summed E-state index contributed by atoms with van der Waals surface area (Å²) in [6, 6.07) is 11.3. The highest BCUT2D eigenvalue weighted by Gasteiger charge is 2.26. The Morgan fingerprint density at radius 3 is 2.41 bits per heavy atom. The Hall–Kier alpha value is -1.94. The molecule has 1 heterocycles. The number of anilines is 1. The van der Waals surface area contributed by atoms with Gasteiger partial charge in [0.05, 0.1) is 16.0 Å². The lowest BCUT2D eigenvalue weighted by atomic mass is 10.2. The predicted octanol–water partition coefficient (Wildman–Crippen LogP) is 3.51. The van der Waals surface area contributed by atoms with Crippen molar-refractivity contribution in [2.75, 3.05) is 38.7 Å². The molecule has 1 saturated heterocycles. The van der Waals surface area contributed by atoms with Crippen molar-refractivity contribution in [2.45, 2.75) is 17.7 Å². The van der Waals surface area contributed by atoms with Crippen LogP contribution in [0.25, 0.3) is 0 Å². The molecular weight excluding hydrogens is 460 g/mol. The lowest BCUT2D eigenvalue weighted by molar-refractivity contribution is 0.102. The molecule has 2 aromatic carbocycles. The molecule has 0 unspecified atom stereocenters. The Morgan fingerprint density at radius 2 is 1.79 bits per heavy atom. The van der Waals surface area contributed by atoms with Crippen molar-refractivity contribution in [3.05, 3.63) is 52.5 Å². The molecule has 0 atom stereocenters. The fourth-order valence-electron chi connectivity index (χ4n) is 2.99. The van der Waals surface area contributed by atoms with Gasteiger partial charge >= 0.3 is 0 Å². The highest BCUT2D eigenvalue weighted by molar-refractivity contribution is 9.10. The Morgan fingerprint density at radius 1 is 1.10 bits per heavy atom. The summed E-state index contributed by atoms with van der Waals surface area (Å²) in [5.41, 5.74) is 0.969. The summed E-state index contributed by atoms with van der Waals surface area (Å²) in [7, 11) is -1.87. The number of carbonyl (C=O) groups is 1.